The third kappa shape index (κ3) is 1.73. The Bertz CT molecular complexity index is 513. The van der Waals surface area contributed by atoms with Crippen LogP contribution >= 0.6 is 0 Å². The van der Waals surface area contributed by atoms with Crippen LogP contribution in [-0.4, -0.2) is 27.4 Å². The molecule has 0 radical (unpaired) electrons. The van der Waals surface area contributed by atoms with Gasteiger partial charge in [0.2, 0.25) is 0 Å². The summed E-state index contributed by atoms with van der Waals surface area (Å²) >= 11 is 0. The Labute approximate surface area is 91.9 Å². The summed E-state index contributed by atoms with van der Waals surface area (Å²) < 4.78 is 13.5. The minimum Gasteiger partial charge on any atom is -0.422 e. The Morgan fingerprint density at radius 1 is 1.31 bits per heavy atom. The molecule has 0 atom stereocenters. The van der Waals surface area contributed by atoms with Gasteiger partial charge in [-0.1, -0.05) is 12.1 Å². The number of halogens is 1. The van der Waals surface area contributed by atoms with E-state index in [9.17, 15) is 4.39 Å². The molecule has 1 aromatic carbocycles. The van der Waals surface area contributed by atoms with Gasteiger partial charge in [-0.25, -0.2) is 4.39 Å². The van der Waals surface area contributed by atoms with Crippen LogP contribution in [0.5, 0.6) is 0 Å². The van der Waals surface area contributed by atoms with E-state index in [1.807, 2.05) is 0 Å². The van der Waals surface area contributed by atoms with Crippen LogP contribution in [0, 0.1) is 12.7 Å². The van der Waals surface area contributed by atoms with Crippen LogP contribution < -0.4 is 5.59 Å². The van der Waals surface area contributed by atoms with Gasteiger partial charge >= 0.3 is 7.12 Å². The molecule has 16 heavy (non-hydrogen) atoms. The number of aromatic amines is 1. The van der Waals surface area contributed by atoms with Crippen LogP contribution in [0.25, 0.3) is 11.3 Å². The molecule has 82 valence electrons. The fraction of sp³-hybridized carbons (Fsp3) is 0.100. The quantitative estimate of drug-likeness (QED) is 0.633. The molecular weight excluding hydrogens is 210 g/mol. The normalized spacial score (nSPS) is 10.5. The van der Waals surface area contributed by atoms with Crippen molar-refractivity contribution in [3.05, 3.63) is 35.6 Å². The number of nitrogens with one attached hydrogen (secondary N) is 1. The summed E-state index contributed by atoms with van der Waals surface area (Å²) in [5.74, 6) is -0.393. The van der Waals surface area contributed by atoms with Crippen LogP contribution in [-0.2, 0) is 0 Å². The van der Waals surface area contributed by atoms with Gasteiger partial charge in [0.15, 0.2) is 0 Å². The van der Waals surface area contributed by atoms with Crippen molar-refractivity contribution >= 4 is 12.7 Å². The lowest BCUT2D eigenvalue weighted by molar-refractivity contribution is 0.424. The number of aromatic nitrogens is 2. The van der Waals surface area contributed by atoms with E-state index >= 15 is 0 Å². The van der Waals surface area contributed by atoms with Crippen molar-refractivity contribution in [1.82, 2.24) is 10.2 Å². The zero-order valence-electron chi connectivity index (χ0n) is 8.61. The first-order chi connectivity index (χ1) is 7.61. The van der Waals surface area contributed by atoms with Crippen molar-refractivity contribution in [2.45, 2.75) is 6.92 Å². The largest absolute Gasteiger partial charge is 0.507 e. The van der Waals surface area contributed by atoms with Crippen molar-refractivity contribution in [3.63, 3.8) is 0 Å². The van der Waals surface area contributed by atoms with Crippen LogP contribution in [0.1, 0.15) is 5.56 Å². The van der Waals surface area contributed by atoms with Gasteiger partial charge in [-0.2, -0.15) is 5.10 Å². The fourth-order valence-corrected chi connectivity index (χ4v) is 1.58. The molecule has 0 aliphatic rings. The second kappa shape index (κ2) is 4.07. The minimum absolute atomic E-state index is 0.179. The first-order valence-electron chi connectivity index (χ1n) is 4.77. The van der Waals surface area contributed by atoms with Crippen molar-refractivity contribution in [2.24, 2.45) is 0 Å². The van der Waals surface area contributed by atoms with E-state index in [-0.39, 0.29) is 5.59 Å². The van der Waals surface area contributed by atoms with Gasteiger partial charge in [0.1, 0.15) is 5.82 Å². The molecule has 0 saturated carbocycles. The van der Waals surface area contributed by atoms with Crippen molar-refractivity contribution < 1.29 is 14.4 Å². The van der Waals surface area contributed by atoms with Crippen molar-refractivity contribution in [3.8, 4) is 11.3 Å². The Hall–Kier alpha value is -1.66. The minimum atomic E-state index is -1.63. The van der Waals surface area contributed by atoms with Crippen molar-refractivity contribution in [1.29, 1.82) is 0 Å². The van der Waals surface area contributed by atoms with Gasteiger partial charge in [-0.05, 0) is 24.6 Å². The molecule has 2 rings (SSSR count). The van der Waals surface area contributed by atoms with Gasteiger partial charge in [0.25, 0.3) is 0 Å². The number of hydrogen-bond donors (Lipinski definition) is 3. The molecule has 0 saturated heterocycles. The molecule has 0 amide bonds. The van der Waals surface area contributed by atoms with Gasteiger partial charge in [0, 0.05) is 5.56 Å². The smallest absolute Gasteiger partial charge is 0.422 e. The first-order valence-corrected chi connectivity index (χ1v) is 4.77. The predicted octanol–water partition coefficient (Wildman–Crippen LogP) is 0.204. The molecule has 0 fully saturated rings. The maximum atomic E-state index is 13.5. The van der Waals surface area contributed by atoms with Crippen molar-refractivity contribution in [2.75, 3.05) is 0 Å². The lowest BCUT2D eigenvalue weighted by Crippen LogP contribution is -2.33. The second-order valence-corrected chi connectivity index (χ2v) is 3.46. The average Bonchev–Trinajstić information content (AvgIpc) is 2.61. The van der Waals surface area contributed by atoms with E-state index in [0.29, 0.717) is 16.8 Å². The van der Waals surface area contributed by atoms with E-state index in [0.717, 1.165) is 0 Å². The monoisotopic (exact) mass is 220 g/mol. The molecule has 0 aliphatic carbocycles. The molecule has 1 aromatic heterocycles. The Morgan fingerprint density at radius 3 is 2.56 bits per heavy atom. The SMILES string of the molecule is Cc1c(-c2ccccc2F)n[nH]c1B(O)O. The summed E-state index contributed by atoms with van der Waals surface area (Å²) in [4.78, 5) is 0. The third-order valence-electron chi connectivity index (χ3n) is 2.43. The number of rotatable bonds is 2. The van der Waals surface area contributed by atoms with Crippen LogP contribution in [0.15, 0.2) is 24.3 Å². The van der Waals surface area contributed by atoms with Gasteiger partial charge in [-0.15, -0.1) is 0 Å². The van der Waals surface area contributed by atoms with E-state index in [2.05, 4.69) is 10.2 Å². The molecule has 6 heteroatoms. The molecule has 3 N–H and O–H groups in total. The summed E-state index contributed by atoms with van der Waals surface area (Å²) in [6, 6.07) is 6.20. The lowest BCUT2D eigenvalue weighted by Gasteiger charge is -2.01. The standard InChI is InChI=1S/C10H10BFN2O2/c1-6-9(13-14-10(6)11(15)16)7-4-2-3-5-8(7)12/h2-5,15-16H,1H3,(H,13,14). The van der Waals surface area contributed by atoms with E-state index in [1.165, 1.54) is 6.07 Å². The highest BCUT2D eigenvalue weighted by molar-refractivity contribution is 6.58. The molecule has 1 heterocycles. The number of benzene rings is 1. The Balaban J connectivity index is 2.54. The van der Waals surface area contributed by atoms with Crippen LogP contribution in [0.2, 0.25) is 0 Å². The number of hydrogen-bond acceptors (Lipinski definition) is 3. The zero-order chi connectivity index (χ0) is 11.7. The Morgan fingerprint density at radius 2 is 2.00 bits per heavy atom. The molecule has 2 aromatic rings. The highest BCUT2D eigenvalue weighted by Crippen LogP contribution is 2.22. The van der Waals surface area contributed by atoms with Gasteiger partial charge in [0.05, 0.1) is 11.3 Å². The summed E-state index contributed by atoms with van der Waals surface area (Å²) in [6.07, 6.45) is 0. The van der Waals surface area contributed by atoms with E-state index < -0.39 is 12.9 Å². The average molecular weight is 220 g/mol. The van der Waals surface area contributed by atoms with Gasteiger partial charge < -0.3 is 10.0 Å². The fourth-order valence-electron chi connectivity index (χ4n) is 1.58. The number of nitrogens with zero attached hydrogens (tertiary/aromatic N) is 1. The van der Waals surface area contributed by atoms with Crippen LogP contribution in [0.4, 0.5) is 4.39 Å². The summed E-state index contributed by atoms with van der Waals surface area (Å²) in [5, 5.41) is 24.4. The maximum absolute atomic E-state index is 13.5. The third-order valence-corrected chi connectivity index (χ3v) is 2.43. The zero-order valence-corrected chi connectivity index (χ0v) is 8.61. The summed E-state index contributed by atoms with van der Waals surface area (Å²) in [6.45, 7) is 1.65. The molecule has 0 spiro atoms. The first kappa shape index (κ1) is 10.8. The highest BCUT2D eigenvalue weighted by atomic mass is 19.1. The van der Waals surface area contributed by atoms with E-state index in [1.54, 1.807) is 25.1 Å². The predicted molar refractivity (Wildman–Crippen MR) is 58.5 cm³/mol. The second-order valence-electron chi connectivity index (χ2n) is 3.46. The Kier molecular flexibility index (Phi) is 2.76. The molecule has 0 bridgehead atoms. The van der Waals surface area contributed by atoms with Crippen LogP contribution in [0.3, 0.4) is 0 Å². The highest BCUT2D eigenvalue weighted by Gasteiger charge is 2.21. The lowest BCUT2D eigenvalue weighted by atomic mass is 9.82. The molecular formula is C10H10BFN2O2. The summed E-state index contributed by atoms with van der Waals surface area (Å²) in [5.41, 5.74) is 1.43. The van der Waals surface area contributed by atoms with Gasteiger partial charge in [-0.3, -0.25) is 5.10 Å². The van der Waals surface area contributed by atoms with E-state index in [4.69, 9.17) is 10.0 Å². The number of H-pyrrole nitrogens is 1. The maximum Gasteiger partial charge on any atom is 0.507 e. The topological polar surface area (TPSA) is 69.1 Å². The molecule has 0 unspecified atom stereocenters. The molecule has 4 nitrogen and oxygen atoms in total. The molecule has 0 aliphatic heterocycles. The summed E-state index contributed by atoms with van der Waals surface area (Å²) in [7, 11) is -1.63.